The summed E-state index contributed by atoms with van der Waals surface area (Å²) in [6, 6.07) is 35.5. The lowest BCUT2D eigenvalue weighted by molar-refractivity contribution is -0.127. The molecule has 0 bridgehead atoms. The molecule has 10 rings (SSSR count). The maximum atomic E-state index is 12.8. The Balaban J connectivity index is 0.000000175. The van der Waals surface area contributed by atoms with E-state index >= 15 is 0 Å². The number of hydrogen-bond acceptors (Lipinski definition) is 13. The Morgan fingerprint density at radius 1 is 0.607 bits per heavy atom. The second-order valence-electron chi connectivity index (χ2n) is 19.0. The molecule has 0 atom stereocenters. The highest BCUT2D eigenvalue weighted by atomic mass is 79.9. The fourth-order valence-electron chi connectivity index (χ4n) is 9.02. The summed E-state index contributed by atoms with van der Waals surface area (Å²) < 4.78 is 3.15. The number of aromatic nitrogens is 5. The third-order valence-electron chi connectivity index (χ3n) is 14.0. The third kappa shape index (κ3) is 20.6. The lowest BCUT2D eigenvalue weighted by Crippen LogP contribution is -2.47. The van der Waals surface area contributed by atoms with Gasteiger partial charge in [-0.1, -0.05) is 115 Å². The van der Waals surface area contributed by atoms with Gasteiger partial charge in [0.1, 0.15) is 10.0 Å². The van der Waals surface area contributed by atoms with Crippen molar-refractivity contribution in [2.75, 3.05) is 13.1 Å². The molecule has 4 heterocycles. The van der Waals surface area contributed by atoms with E-state index in [0.29, 0.717) is 11.1 Å². The summed E-state index contributed by atoms with van der Waals surface area (Å²) in [4.78, 5) is 59.7. The van der Waals surface area contributed by atoms with Crippen molar-refractivity contribution >= 4 is 202 Å². The Kier molecular flexibility index (Phi) is 30.6. The number of nitrogens with zero attached hydrogens (tertiary/aromatic N) is 5. The molecule has 11 nitrogen and oxygen atoms in total. The van der Waals surface area contributed by atoms with Crippen LogP contribution in [0.3, 0.4) is 0 Å². The lowest BCUT2D eigenvalue weighted by Gasteiger charge is -2.41. The fourth-order valence-corrected chi connectivity index (χ4v) is 34.3. The van der Waals surface area contributed by atoms with E-state index in [9.17, 15) is 19.2 Å². The number of Topliss-reactive ketones (excluding diaryl/α,β-unsaturated/α-hetero) is 2. The van der Waals surface area contributed by atoms with Crippen LogP contribution in [0.25, 0.3) is 10.6 Å². The summed E-state index contributed by atoms with van der Waals surface area (Å²) in [6.45, 7) is 5.90. The van der Waals surface area contributed by atoms with Crippen molar-refractivity contribution in [3.63, 3.8) is 0 Å². The number of nitrogens with two attached hydrogens (primary N) is 1. The van der Waals surface area contributed by atoms with Gasteiger partial charge in [-0.3, -0.25) is 34.1 Å². The van der Waals surface area contributed by atoms with Gasteiger partial charge in [0.15, 0.2) is 11.6 Å². The smallest absolute Gasteiger partial charge is 0.253 e. The van der Waals surface area contributed by atoms with Crippen molar-refractivity contribution in [2.45, 2.75) is 94.8 Å². The quantitative estimate of drug-likeness (QED) is 0.0828. The van der Waals surface area contributed by atoms with Gasteiger partial charge in [0, 0.05) is 74.2 Å². The molecule has 84 heavy (non-hydrogen) atoms. The predicted molar refractivity (Wildman–Crippen MR) is 383 cm³/mol. The molecule has 3 aliphatic rings. The number of pyridine rings is 3. The lowest BCUT2D eigenvalue weighted by atomic mass is 9.62. The van der Waals surface area contributed by atoms with Crippen LogP contribution in [-0.4, -0.2) is 61.0 Å². The molecule has 3 fully saturated rings. The summed E-state index contributed by atoms with van der Waals surface area (Å²) in [6.07, 6.45) is 14.2. The molecule has 7 aromatic rings. The van der Waals surface area contributed by atoms with Gasteiger partial charge < -0.3 is 11.1 Å². The largest absolute Gasteiger partial charge is 0.345 e. The summed E-state index contributed by atoms with van der Waals surface area (Å²) in [5.74, 6) is -0.0123. The molecule has 0 aliphatic heterocycles. The van der Waals surface area contributed by atoms with Gasteiger partial charge in [-0.15, -0.1) is 10.2 Å². The van der Waals surface area contributed by atoms with Gasteiger partial charge in [-0.05, 0) is 255 Å². The zero-order valence-electron chi connectivity index (χ0n) is 45.2. The molecule has 0 spiro atoms. The topological polar surface area (TPSA) is 171 Å². The molecular weight excluding hydrogens is 1520 g/mol. The van der Waals surface area contributed by atoms with E-state index in [0.717, 1.165) is 116 Å². The predicted octanol–water partition coefficient (Wildman–Crippen LogP) is 14.6. The number of hydrogen-bond donors (Lipinski definition) is 2. The van der Waals surface area contributed by atoms with Crippen LogP contribution in [0.5, 0.6) is 0 Å². The maximum Gasteiger partial charge on any atom is 0.253 e. The normalized spacial score (nSPS) is 14.4. The van der Waals surface area contributed by atoms with Crippen LogP contribution >= 0.6 is 84.8 Å². The molecule has 0 unspecified atom stereocenters. The number of ketones is 2. The zero-order valence-corrected chi connectivity index (χ0v) is 61.5. The summed E-state index contributed by atoms with van der Waals surface area (Å²) in [5.41, 5.74) is 13.0. The first-order valence-electron chi connectivity index (χ1n) is 25.6. The summed E-state index contributed by atoms with van der Waals surface area (Å²) in [5, 5.41) is 13.3. The van der Waals surface area contributed by atoms with Crippen molar-refractivity contribution in [3.8, 4) is 10.6 Å². The van der Waals surface area contributed by atoms with Crippen molar-refractivity contribution in [3.05, 3.63) is 191 Å². The SMILES string of the molecule is Cc1ccc(-c2nnc(C3(c4ccc(Br)cc4)CCC3)s2)cn1.Cc1ccc(C(=O)Cl)cn1.Cc1ccc(C(=O)NCC(=O)C2(c3ccc(Br)cc3)CCC2)cn1.NCC(=O)C1(c2ccc(Br)cc2)CCC1.S=PP=S=S=S=S=S=S=S=S=S. The van der Waals surface area contributed by atoms with Crippen LogP contribution in [0.4, 0.5) is 0 Å². The highest BCUT2D eigenvalue weighted by molar-refractivity contribution is 9.11. The maximum absolute atomic E-state index is 12.8. The van der Waals surface area contributed by atoms with E-state index < -0.39 is 10.7 Å². The van der Waals surface area contributed by atoms with E-state index in [1.165, 1.54) is 40.3 Å². The second kappa shape index (κ2) is 36.3. The Labute approximate surface area is 560 Å². The van der Waals surface area contributed by atoms with E-state index in [4.69, 9.17) is 40.3 Å². The average Bonchev–Trinajstić information content (AvgIpc) is 1.60. The Morgan fingerprint density at radius 2 is 1.07 bits per heavy atom. The first-order chi connectivity index (χ1) is 40.5. The molecule has 4 aromatic heterocycles. The fraction of sp³-hybridized carbons (Fsp3) is 0.304. The van der Waals surface area contributed by atoms with Crippen LogP contribution in [0.2, 0.25) is 0 Å². The standard InChI is InChI=1S/C19H19BrN2O2.C18H16BrN3S.C12H14BrNO.C7H6ClNO.P2S10/c1-13-3-4-14(11-21-13)18(24)22-12-17(23)19(9-2-10-19)15-5-7-16(20)8-6-15;1-12-3-4-13(11-20-12)16-21-22-17(23-16)18(9-2-10-18)14-5-7-15(19)8-6-14;13-10-4-2-9(3-5-10)12(6-1-7-12)11(15)8-14;1-5-2-3-6(4-9-5)7(8)10;3-1-2-5-7-9-11-12-10-8-6-4/h3-8,11H,2,9-10,12H2,1H3,(H,22,24);3-8,11H,2,9-10H2,1H3;2-5H,1,6-8,14H2;2-4H,1H3;. The van der Waals surface area contributed by atoms with Crippen molar-refractivity contribution < 1.29 is 19.2 Å². The van der Waals surface area contributed by atoms with E-state index in [-0.39, 0.29) is 41.4 Å². The third-order valence-corrected chi connectivity index (χ3v) is 38.1. The van der Waals surface area contributed by atoms with Crippen molar-refractivity contribution in [2.24, 2.45) is 5.73 Å². The van der Waals surface area contributed by atoms with Crippen LogP contribution < -0.4 is 11.1 Å². The van der Waals surface area contributed by atoms with Crippen molar-refractivity contribution in [1.82, 2.24) is 30.5 Å². The van der Waals surface area contributed by atoms with Crippen molar-refractivity contribution in [1.29, 1.82) is 0 Å². The number of aryl methyl sites for hydroxylation is 3. The number of benzene rings is 3. The highest BCUT2D eigenvalue weighted by Gasteiger charge is 2.46. The summed E-state index contributed by atoms with van der Waals surface area (Å²) >= 11 is 26.7. The number of carbonyl (C=O) groups is 4. The Morgan fingerprint density at radius 3 is 1.49 bits per heavy atom. The Bertz CT molecular complexity index is 3800. The molecule has 442 valence electrons. The zero-order chi connectivity index (χ0) is 60.5. The number of halogens is 4. The highest BCUT2D eigenvalue weighted by Crippen LogP contribution is 2.51. The minimum absolute atomic E-state index is 0.0444. The first kappa shape index (κ1) is 70.7. The van der Waals surface area contributed by atoms with Gasteiger partial charge in [0.05, 0.1) is 35.0 Å². The molecule has 1 amide bonds. The monoisotopic (exact) mass is 1570 g/mol. The second-order valence-corrected chi connectivity index (χ2v) is 41.7. The van der Waals surface area contributed by atoms with Crippen LogP contribution in [0, 0.1) is 20.8 Å². The van der Waals surface area contributed by atoms with E-state index in [2.05, 4.69) is 109 Å². The number of nitrogens with one attached hydrogen (secondary N) is 1. The number of amides is 1. The molecule has 3 aromatic carbocycles. The Hall–Kier alpha value is -2.36. The van der Waals surface area contributed by atoms with Gasteiger partial charge in [0.25, 0.3) is 11.1 Å². The minimum atomic E-state index is -0.465. The minimum Gasteiger partial charge on any atom is -0.345 e. The summed E-state index contributed by atoms with van der Waals surface area (Å²) in [7, 11) is 15.8. The number of rotatable bonds is 13. The van der Waals surface area contributed by atoms with Crippen LogP contribution in [0.1, 0.15) is 117 Å². The van der Waals surface area contributed by atoms with Crippen LogP contribution in [-0.2, 0) is 120 Å². The van der Waals surface area contributed by atoms with E-state index in [1.54, 1.807) is 98.4 Å². The average molecular weight is 1580 g/mol. The van der Waals surface area contributed by atoms with Gasteiger partial charge in [0.2, 0.25) is 0 Å². The molecule has 0 saturated heterocycles. The van der Waals surface area contributed by atoms with Crippen LogP contribution in [0.15, 0.2) is 141 Å². The number of carbonyl (C=O) groups excluding carboxylic acids is 4. The molecule has 3 N–H and O–H groups in total. The van der Waals surface area contributed by atoms with Gasteiger partial charge in [-0.25, -0.2) is 0 Å². The molecule has 28 heteroatoms. The molecule has 3 saturated carbocycles. The molecule has 0 radical (unpaired) electrons. The van der Waals surface area contributed by atoms with Gasteiger partial charge >= 0.3 is 0 Å². The van der Waals surface area contributed by atoms with Gasteiger partial charge in [-0.2, -0.15) is 0 Å². The van der Waals surface area contributed by atoms with E-state index in [1.807, 2.05) is 81.6 Å². The molecule has 3 aliphatic carbocycles. The first-order valence-corrected chi connectivity index (χ1v) is 44.4. The molecular formula is C56H55Br3ClN7O4P2S11.